The monoisotopic (exact) mass is 374 g/mol. The van der Waals surface area contributed by atoms with Crippen molar-refractivity contribution in [3.8, 4) is 0 Å². The van der Waals surface area contributed by atoms with Crippen LogP contribution in [0.25, 0.3) is 0 Å². The first-order valence-corrected chi connectivity index (χ1v) is 13.3. The van der Waals surface area contributed by atoms with Crippen LogP contribution in [-0.2, 0) is 0 Å². The second-order valence-corrected chi connectivity index (χ2v) is 17.2. The van der Waals surface area contributed by atoms with E-state index in [9.17, 15) is 0 Å². The molecule has 0 spiro atoms. The second kappa shape index (κ2) is 7.05. The lowest BCUT2D eigenvalue weighted by atomic mass is 9.54. The zero-order chi connectivity index (χ0) is 18.7. The standard InChI is InChI=1S/C15H25N2.2C4H9.Al/c1-2-4-17(5-3-1)16-15-13-7-11-6-12(9-13)10-14(15)8-11;2*1-4(2)3;/h11-15H,1-10H2;2*1-3H3;/q-1;;;+1. The molecule has 5 aliphatic rings. The van der Waals surface area contributed by atoms with Gasteiger partial charge in [-0.15, -0.1) is 0 Å². The average molecular weight is 375 g/mol. The predicted molar refractivity (Wildman–Crippen MR) is 113 cm³/mol. The van der Waals surface area contributed by atoms with E-state index >= 15 is 0 Å². The molecule has 26 heavy (non-hydrogen) atoms. The fraction of sp³-hybridized carbons (Fsp3) is 1.00. The van der Waals surface area contributed by atoms with Gasteiger partial charge in [0.05, 0.1) is 0 Å². The largest absolute Gasteiger partial charge is 0.402 e. The average Bonchev–Trinajstić information content (AvgIpc) is 2.51. The first-order valence-electron chi connectivity index (χ1n) is 11.7. The first-order chi connectivity index (χ1) is 12.1. The summed E-state index contributed by atoms with van der Waals surface area (Å²) >= 11 is -1.17. The molecule has 148 valence electrons. The normalized spacial score (nSPS) is 38.2. The minimum absolute atomic E-state index is 0.449. The van der Waals surface area contributed by atoms with Crippen LogP contribution in [0.1, 0.15) is 92.9 Å². The summed E-state index contributed by atoms with van der Waals surface area (Å²) in [6, 6.07) is 0.885. The van der Waals surface area contributed by atoms with E-state index in [1.54, 1.807) is 32.1 Å². The quantitative estimate of drug-likeness (QED) is 0.550. The van der Waals surface area contributed by atoms with Gasteiger partial charge in [0.1, 0.15) is 0 Å². The van der Waals surface area contributed by atoms with Gasteiger partial charge in [-0.1, -0.05) is 56.5 Å². The smallest absolute Gasteiger partial charge is 0.317 e. The van der Waals surface area contributed by atoms with Gasteiger partial charge >= 0.3 is 14.4 Å². The number of rotatable bonds is 3. The minimum atomic E-state index is -1.17. The molecule has 0 aromatic heterocycles. The molecule has 0 unspecified atom stereocenters. The Morgan fingerprint density at radius 1 is 0.692 bits per heavy atom. The van der Waals surface area contributed by atoms with E-state index in [0.717, 1.165) is 29.7 Å². The van der Waals surface area contributed by atoms with Crippen molar-refractivity contribution in [2.75, 3.05) is 13.1 Å². The number of hydrogen-bond donors (Lipinski definition) is 0. The molecular formula is C23H43AlN2. The van der Waals surface area contributed by atoms with Crippen LogP contribution >= 0.6 is 0 Å². The maximum absolute atomic E-state index is 3.17. The van der Waals surface area contributed by atoms with E-state index in [0.29, 0.717) is 8.55 Å². The molecule has 4 bridgehead atoms. The second-order valence-electron chi connectivity index (χ2n) is 12.5. The number of hydrogen-bond acceptors (Lipinski definition) is 2. The summed E-state index contributed by atoms with van der Waals surface area (Å²) in [7, 11) is 0. The van der Waals surface area contributed by atoms with Gasteiger partial charge in [-0.2, -0.15) is 0 Å². The van der Waals surface area contributed by atoms with Crippen molar-refractivity contribution in [1.29, 1.82) is 0 Å². The van der Waals surface area contributed by atoms with Gasteiger partial charge in [0.15, 0.2) is 0 Å². The number of hydrazine groups is 1. The van der Waals surface area contributed by atoms with Crippen LogP contribution in [0.15, 0.2) is 0 Å². The van der Waals surface area contributed by atoms with E-state index in [4.69, 9.17) is 0 Å². The fourth-order valence-corrected chi connectivity index (χ4v) is 13.6. The highest BCUT2D eigenvalue weighted by atomic mass is 27.2. The molecule has 1 aliphatic heterocycles. The number of nitrogens with zero attached hydrogens (tertiary/aromatic N) is 2. The molecule has 3 heteroatoms. The van der Waals surface area contributed by atoms with Gasteiger partial charge in [-0.3, -0.25) is 5.01 Å². The van der Waals surface area contributed by atoms with Gasteiger partial charge in [-0.25, -0.2) is 0 Å². The third kappa shape index (κ3) is 3.68. The van der Waals surface area contributed by atoms with Crippen LogP contribution in [0.3, 0.4) is 0 Å². The molecule has 4 saturated carbocycles. The van der Waals surface area contributed by atoms with Crippen molar-refractivity contribution >= 4 is 14.4 Å². The third-order valence-corrected chi connectivity index (χ3v) is 12.5. The van der Waals surface area contributed by atoms with Crippen LogP contribution in [0.5, 0.6) is 0 Å². The van der Waals surface area contributed by atoms with Crippen LogP contribution in [0.2, 0.25) is 8.55 Å². The summed E-state index contributed by atoms with van der Waals surface area (Å²) in [5, 5.41) is 2.91. The third-order valence-electron chi connectivity index (χ3n) is 8.05. The van der Waals surface area contributed by atoms with Gasteiger partial charge in [0, 0.05) is 19.1 Å². The van der Waals surface area contributed by atoms with Crippen molar-refractivity contribution in [1.82, 2.24) is 9.00 Å². The zero-order valence-corrected chi connectivity index (χ0v) is 19.6. The summed E-state index contributed by atoms with van der Waals surface area (Å²) in [6.45, 7) is 18.0. The lowest BCUT2D eigenvalue weighted by molar-refractivity contribution is -0.115. The summed E-state index contributed by atoms with van der Waals surface area (Å²) in [6.07, 6.45) is 12.1. The Morgan fingerprint density at radius 2 is 1.15 bits per heavy atom. The van der Waals surface area contributed by atoms with E-state index in [-0.39, 0.29) is 0 Å². The van der Waals surface area contributed by atoms with Crippen molar-refractivity contribution in [3.63, 3.8) is 0 Å². The van der Waals surface area contributed by atoms with E-state index in [2.05, 4.69) is 50.5 Å². The summed E-state index contributed by atoms with van der Waals surface area (Å²) in [5.41, 5.74) is 0. The number of piperidine rings is 1. The Kier molecular flexibility index (Phi) is 5.36. The molecule has 0 radical (unpaired) electrons. The SMILES string of the molecule is C[C](C)(C)[Al]([N](C1C2CC3CC(C2)CC1C3)N1CCCCC1)[C](C)(C)C. The minimum Gasteiger partial charge on any atom is -0.317 e. The summed E-state index contributed by atoms with van der Waals surface area (Å²) in [5.74, 6) is 4.18. The predicted octanol–water partition coefficient (Wildman–Crippen LogP) is 6.11. The first kappa shape index (κ1) is 19.8. The maximum Gasteiger partial charge on any atom is 0.402 e. The van der Waals surface area contributed by atoms with Crippen LogP contribution in [-0.4, -0.2) is 42.5 Å². The van der Waals surface area contributed by atoms with Crippen LogP contribution in [0.4, 0.5) is 0 Å². The molecule has 1 saturated heterocycles. The lowest BCUT2D eigenvalue weighted by Gasteiger charge is -2.63. The van der Waals surface area contributed by atoms with Crippen molar-refractivity contribution in [2.24, 2.45) is 23.7 Å². The van der Waals surface area contributed by atoms with Gasteiger partial charge in [0.2, 0.25) is 0 Å². The van der Waals surface area contributed by atoms with Crippen molar-refractivity contribution < 1.29 is 0 Å². The Hall–Kier alpha value is 0.452. The zero-order valence-electron chi connectivity index (χ0n) is 18.4. The van der Waals surface area contributed by atoms with Crippen molar-refractivity contribution in [3.05, 3.63) is 0 Å². The Morgan fingerprint density at radius 3 is 1.58 bits per heavy atom. The summed E-state index contributed by atoms with van der Waals surface area (Å²) < 4.78 is 4.07. The Labute approximate surface area is 167 Å². The molecular weight excluding hydrogens is 331 g/mol. The van der Waals surface area contributed by atoms with Gasteiger partial charge in [0.25, 0.3) is 0 Å². The molecule has 0 amide bonds. The maximum atomic E-state index is 3.17. The summed E-state index contributed by atoms with van der Waals surface area (Å²) in [4.78, 5) is 0. The molecule has 1 heterocycles. The van der Waals surface area contributed by atoms with Crippen molar-refractivity contribution in [2.45, 2.75) is 108 Å². The highest BCUT2D eigenvalue weighted by Gasteiger charge is 2.57. The molecule has 0 atom stereocenters. The van der Waals surface area contributed by atoms with Gasteiger partial charge < -0.3 is 3.99 Å². The van der Waals surface area contributed by atoms with Crippen LogP contribution in [0, 0.1) is 23.7 Å². The Balaban J connectivity index is 1.71. The topological polar surface area (TPSA) is 6.48 Å². The van der Waals surface area contributed by atoms with E-state index in [1.807, 2.05) is 0 Å². The molecule has 2 nitrogen and oxygen atoms in total. The molecule has 0 aromatic rings. The molecule has 5 rings (SSSR count). The molecule has 0 N–H and O–H groups in total. The fourth-order valence-electron chi connectivity index (χ4n) is 8.05. The lowest BCUT2D eigenvalue weighted by Crippen LogP contribution is -2.68. The molecule has 0 aromatic carbocycles. The highest BCUT2D eigenvalue weighted by molar-refractivity contribution is 6.62. The van der Waals surface area contributed by atoms with E-state index in [1.165, 1.54) is 32.4 Å². The van der Waals surface area contributed by atoms with Gasteiger partial charge in [-0.05, 0) is 68.6 Å². The Bertz CT molecular complexity index is 455. The molecule has 5 fully saturated rings. The van der Waals surface area contributed by atoms with Crippen LogP contribution < -0.4 is 0 Å². The highest BCUT2D eigenvalue weighted by Crippen LogP contribution is 2.57. The molecule has 4 aliphatic carbocycles. The van der Waals surface area contributed by atoms with E-state index < -0.39 is 14.4 Å².